The number of nitrogens with one attached hydrogen (secondary N) is 2. The first-order valence-electron chi connectivity index (χ1n) is 11.0. The van der Waals surface area contributed by atoms with Crippen LogP contribution >= 0.6 is 15.9 Å². The van der Waals surface area contributed by atoms with Crippen LogP contribution in [0.5, 0.6) is 11.8 Å². The number of aromatic nitrogens is 5. The van der Waals surface area contributed by atoms with Gasteiger partial charge in [-0.05, 0) is 35.0 Å². The summed E-state index contributed by atoms with van der Waals surface area (Å²) < 4.78 is 18.7. The molecule has 2 aromatic heterocycles. The third-order valence-electron chi connectivity index (χ3n) is 5.30. The van der Waals surface area contributed by atoms with E-state index >= 15 is 0 Å². The Morgan fingerprint density at radius 2 is 2.14 bits per heavy atom. The maximum absolute atomic E-state index is 12.5. The molecule has 2 amide bonds. The third-order valence-corrected chi connectivity index (χ3v) is 5.66. The van der Waals surface area contributed by atoms with Gasteiger partial charge in [-0.25, -0.2) is 0 Å². The number of halogens is 1. The van der Waals surface area contributed by atoms with Crippen molar-refractivity contribution in [1.29, 1.82) is 0 Å². The van der Waals surface area contributed by atoms with Crippen LogP contribution in [-0.2, 0) is 20.9 Å². The molecule has 2 atom stereocenters. The molecular weight excluding hydrogens is 522 g/mol. The van der Waals surface area contributed by atoms with Gasteiger partial charge >= 0.3 is 6.01 Å². The van der Waals surface area contributed by atoms with Crippen molar-refractivity contribution in [3.05, 3.63) is 47.0 Å². The minimum atomic E-state index is -0.674. The summed E-state index contributed by atoms with van der Waals surface area (Å²) >= 11 is 3.16. The fraction of sp³-hybridized carbons (Fsp3) is 0.409. The van der Waals surface area contributed by atoms with Gasteiger partial charge in [-0.15, -0.1) is 5.10 Å². The number of benzene rings is 1. The fourth-order valence-corrected chi connectivity index (χ4v) is 3.59. The number of H-pyrrole nitrogens is 1. The predicted molar refractivity (Wildman–Crippen MR) is 128 cm³/mol. The summed E-state index contributed by atoms with van der Waals surface area (Å²) in [6, 6.07) is 7.93. The number of nitrogens with zero attached hydrogens (tertiary/aromatic N) is 5. The van der Waals surface area contributed by atoms with E-state index in [0.29, 0.717) is 30.0 Å². The molecular formula is C22H26BrN7O5. The third kappa shape index (κ3) is 7.02. The summed E-state index contributed by atoms with van der Waals surface area (Å²) in [7, 11) is 1.71. The number of carbonyl (C=O) groups excluding carboxylic acids is 2. The lowest BCUT2D eigenvalue weighted by atomic mass is 10.2. The lowest BCUT2D eigenvalue weighted by Gasteiger charge is -2.17. The van der Waals surface area contributed by atoms with Crippen LogP contribution in [0.1, 0.15) is 12.0 Å². The van der Waals surface area contributed by atoms with Crippen molar-refractivity contribution >= 4 is 33.4 Å². The fourth-order valence-electron chi connectivity index (χ4n) is 3.35. The Hall–Kier alpha value is -3.45. The van der Waals surface area contributed by atoms with Crippen molar-refractivity contribution in [1.82, 2.24) is 29.9 Å². The molecule has 35 heavy (non-hydrogen) atoms. The van der Waals surface area contributed by atoms with Crippen LogP contribution in [0.2, 0.25) is 0 Å². The molecule has 12 nitrogen and oxygen atoms in total. The Kier molecular flexibility index (Phi) is 7.98. The van der Waals surface area contributed by atoms with Crippen LogP contribution in [0.25, 0.3) is 0 Å². The van der Waals surface area contributed by atoms with E-state index in [-0.39, 0.29) is 37.1 Å². The van der Waals surface area contributed by atoms with Gasteiger partial charge in [0.2, 0.25) is 5.91 Å². The topological polar surface area (TPSA) is 136 Å². The summed E-state index contributed by atoms with van der Waals surface area (Å²) in [6.07, 6.45) is 2.44. The highest BCUT2D eigenvalue weighted by Crippen LogP contribution is 2.20. The van der Waals surface area contributed by atoms with Crippen molar-refractivity contribution < 1.29 is 23.8 Å². The maximum atomic E-state index is 12.5. The van der Waals surface area contributed by atoms with Crippen LogP contribution in [0.15, 0.2) is 41.4 Å². The Bertz CT molecular complexity index is 1150. The minimum Gasteiger partial charge on any atom is -0.492 e. The molecule has 1 aliphatic rings. The second kappa shape index (κ2) is 11.3. The van der Waals surface area contributed by atoms with E-state index in [1.165, 1.54) is 10.9 Å². The van der Waals surface area contributed by atoms with Crippen LogP contribution in [-0.4, -0.2) is 80.7 Å². The summed E-state index contributed by atoms with van der Waals surface area (Å²) in [4.78, 5) is 30.6. The first kappa shape index (κ1) is 24.7. The van der Waals surface area contributed by atoms with Gasteiger partial charge in [0, 0.05) is 19.7 Å². The minimum absolute atomic E-state index is 0.0406. The zero-order chi connectivity index (χ0) is 24.8. The van der Waals surface area contributed by atoms with E-state index in [2.05, 4.69) is 41.5 Å². The molecule has 1 aromatic carbocycles. The number of likely N-dealkylation sites (N-methyl/N-ethyl adjacent to an activating group) is 1. The summed E-state index contributed by atoms with van der Waals surface area (Å²) in [6.45, 7) is 3.11. The van der Waals surface area contributed by atoms with E-state index < -0.39 is 6.10 Å². The lowest BCUT2D eigenvalue weighted by Crippen LogP contribution is -2.33. The van der Waals surface area contributed by atoms with E-state index in [0.717, 1.165) is 11.3 Å². The molecule has 1 fully saturated rings. The van der Waals surface area contributed by atoms with Crippen LogP contribution in [0.4, 0.5) is 5.69 Å². The average molecular weight is 548 g/mol. The molecule has 3 aromatic rings. The number of hydrogen-bond acceptors (Lipinski definition) is 8. The number of rotatable bonds is 10. The zero-order valence-electron chi connectivity index (χ0n) is 19.3. The van der Waals surface area contributed by atoms with Crippen molar-refractivity contribution in [2.45, 2.75) is 32.1 Å². The monoisotopic (exact) mass is 547 g/mol. The summed E-state index contributed by atoms with van der Waals surface area (Å²) in [5.41, 5.74) is 1.63. The van der Waals surface area contributed by atoms with Gasteiger partial charge in [-0.3, -0.25) is 19.4 Å². The molecule has 0 unspecified atom stereocenters. The molecule has 0 saturated carbocycles. The molecule has 0 bridgehead atoms. The number of carbonyl (C=O) groups is 2. The van der Waals surface area contributed by atoms with E-state index in [9.17, 15) is 9.59 Å². The Labute approximate surface area is 210 Å². The van der Waals surface area contributed by atoms with Crippen molar-refractivity contribution in [3.8, 4) is 11.8 Å². The quantitative estimate of drug-likeness (QED) is 0.392. The van der Waals surface area contributed by atoms with Crippen molar-refractivity contribution in [3.63, 3.8) is 0 Å². The first-order chi connectivity index (χ1) is 16.9. The Morgan fingerprint density at radius 3 is 2.89 bits per heavy atom. The molecule has 13 heteroatoms. The maximum Gasteiger partial charge on any atom is 0.336 e. The second-order valence-electron chi connectivity index (χ2n) is 8.10. The normalized spacial score (nSPS) is 17.2. The number of anilines is 1. The predicted octanol–water partition coefficient (Wildman–Crippen LogP) is 1.78. The molecule has 0 spiro atoms. The van der Waals surface area contributed by atoms with Gasteiger partial charge < -0.3 is 24.4 Å². The van der Waals surface area contributed by atoms with Crippen LogP contribution in [0.3, 0.4) is 0 Å². The van der Waals surface area contributed by atoms with Crippen LogP contribution in [0, 0.1) is 6.92 Å². The highest BCUT2D eigenvalue weighted by molar-refractivity contribution is 9.10. The molecule has 4 rings (SSSR count). The van der Waals surface area contributed by atoms with E-state index in [4.69, 9.17) is 14.2 Å². The Balaban J connectivity index is 1.18. The van der Waals surface area contributed by atoms with Gasteiger partial charge in [0.05, 0.1) is 25.0 Å². The number of aryl methyl sites for hydroxylation is 1. The highest BCUT2D eigenvalue weighted by atomic mass is 79.9. The molecule has 2 N–H and O–H groups in total. The van der Waals surface area contributed by atoms with Gasteiger partial charge in [-0.2, -0.15) is 10.1 Å². The number of aromatic amines is 1. The zero-order valence-corrected chi connectivity index (χ0v) is 20.9. The average Bonchev–Trinajstić information content (AvgIpc) is 3.57. The SMILES string of the molecule is Cc1ccc(OCCN(C)C(=O)Cn2cc(NC(=O)[C@@H]3C[C@@H](Oc4n[nH]c(Br)n4)CO3)cn2)cc1. The van der Waals surface area contributed by atoms with E-state index in [1.807, 2.05) is 31.2 Å². The second-order valence-corrected chi connectivity index (χ2v) is 8.85. The van der Waals surface area contributed by atoms with Crippen LogP contribution < -0.4 is 14.8 Å². The van der Waals surface area contributed by atoms with Crippen molar-refractivity contribution in [2.75, 3.05) is 32.1 Å². The molecule has 1 saturated heterocycles. The number of amides is 2. The first-order valence-corrected chi connectivity index (χ1v) is 11.8. The summed E-state index contributed by atoms with van der Waals surface area (Å²) in [5, 5.41) is 13.4. The smallest absolute Gasteiger partial charge is 0.336 e. The van der Waals surface area contributed by atoms with Crippen molar-refractivity contribution in [2.24, 2.45) is 0 Å². The van der Waals surface area contributed by atoms with Gasteiger partial charge in [0.25, 0.3) is 5.91 Å². The molecule has 186 valence electrons. The molecule has 1 aliphatic heterocycles. The standard InChI is InChI=1S/C22H26BrN7O5/c1-14-3-5-16(6-4-14)33-8-7-29(2)19(31)12-30-11-15(10-24-30)25-20(32)18-9-17(13-34-18)35-22-26-21(23)27-28-22/h3-6,10-11,17-18H,7-9,12-13H2,1-2H3,(H,25,32)(H,26,27,28)/t17-,18+/m1/s1. The largest absolute Gasteiger partial charge is 0.492 e. The van der Waals surface area contributed by atoms with Gasteiger partial charge in [0.15, 0.2) is 4.73 Å². The molecule has 0 aliphatic carbocycles. The van der Waals surface area contributed by atoms with Gasteiger partial charge in [-0.1, -0.05) is 17.7 Å². The summed E-state index contributed by atoms with van der Waals surface area (Å²) in [5.74, 6) is 0.318. The van der Waals surface area contributed by atoms with Gasteiger partial charge in [0.1, 0.15) is 31.1 Å². The molecule has 0 radical (unpaired) electrons. The highest BCUT2D eigenvalue weighted by Gasteiger charge is 2.33. The number of hydrogen-bond donors (Lipinski definition) is 2. The van der Waals surface area contributed by atoms with E-state index in [1.54, 1.807) is 18.1 Å². The number of ether oxygens (including phenoxy) is 3. The molecule has 3 heterocycles. The Morgan fingerprint density at radius 1 is 1.34 bits per heavy atom. The lowest BCUT2D eigenvalue weighted by molar-refractivity contribution is -0.131.